The van der Waals surface area contributed by atoms with E-state index in [4.69, 9.17) is 0 Å². The number of nitrogens with one attached hydrogen (secondary N) is 2. The molecule has 0 aliphatic rings. The Balaban J connectivity index is 1.95. The van der Waals surface area contributed by atoms with Gasteiger partial charge in [0.1, 0.15) is 5.75 Å². The number of hydrogen-bond donors (Lipinski definition) is 3. The highest BCUT2D eigenvalue weighted by atomic mass is 16.3. The molecule has 4 heteroatoms. The van der Waals surface area contributed by atoms with Gasteiger partial charge in [-0.25, -0.2) is 4.98 Å². The van der Waals surface area contributed by atoms with Crippen molar-refractivity contribution in [1.29, 1.82) is 0 Å². The van der Waals surface area contributed by atoms with Gasteiger partial charge in [0.2, 0.25) is 0 Å². The number of nitrogens with zero attached hydrogens (tertiary/aromatic N) is 1. The number of rotatable bonds is 4. The Labute approximate surface area is 94.4 Å². The Bertz CT molecular complexity index is 439. The summed E-state index contributed by atoms with van der Waals surface area (Å²) in [5.41, 5.74) is 2.12. The van der Waals surface area contributed by atoms with Gasteiger partial charge in [0.05, 0.1) is 6.33 Å². The topological polar surface area (TPSA) is 60.9 Å². The number of imidazole rings is 1. The molecule has 0 fully saturated rings. The van der Waals surface area contributed by atoms with Gasteiger partial charge in [-0.3, -0.25) is 0 Å². The summed E-state index contributed by atoms with van der Waals surface area (Å²) in [5.74, 6) is 0.299. The smallest absolute Gasteiger partial charge is 0.115 e. The minimum Gasteiger partial charge on any atom is -0.508 e. The van der Waals surface area contributed by atoms with E-state index in [-0.39, 0.29) is 6.04 Å². The van der Waals surface area contributed by atoms with Crippen molar-refractivity contribution in [2.75, 3.05) is 0 Å². The summed E-state index contributed by atoms with van der Waals surface area (Å²) in [6, 6.07) is 7.47. The molecule has 0 radical (unpaired) electrons. The minimum atomic E-state index is 0.190. The van der Waals surface area contributed by atoms with E-state index in [9.17, 15) is 5.11 Å². The molecule has 1 aromatic heterocycles. The molecule has 0 amide bonds. The first kappa shape index (κ1) is 10.7. The number of aromatic hydroxyl groups is 1. The summed E-state index contributed by atoms with van der Waals surface area (Å²) in [7, 11) is 0. The zero-order valence-corrected chi connectivity index (χ0v) is 9.14. The zero-order valence-electron chi connectivity index (χ0n) is 9.14. The predicted octanol–water partition coefficient (Wildman–Crippen LogP) is 1.97. The van der Waals surface area contributed by atoms with Gasteiger partial charge in [-0.1, -0.05) is 12.1 Å². The van der Waals surface area contributed by atoms with Crippen LogP contribution in [0.15, 0.2) is 36.8 Å². The van der Waals surface area contributed by atoms with Crippen LogP contribution in [0.25, 0.3) is 0 Å². The van der Waals surface area contributed by atoms with Crippen molar-refractivity contribution in [1.82, 2.24) is 15.3 Å². The van der Waals surface area contributed by atoms with Crippen molar-refractivity contribution >= 4 is 0 Å². The lowest BCUT2D eigenvalue weighted by Gasteiger charge is -2.13. The Morgan fingerprint density at radius 3 is 3.06 bits per heavy atom. The lowest BCUT2D eigenvalue weighted by molar-refractivity contribution is 0.472. The Morgan fingerprint density at radius 1 is 1.50 bits per heavy atom. The number of H-pyrrole nitrogens is 1. The Morgan fingerprint density at radius 2 is 2.38 bits per heavy atom. The van der Waals surface area contributed by atoms with Crippen molar-refractivity contribution in [2.45, 2.75) is 19.5 Å². The molecule has 2 aromatic rings. The van der Waals surface area contributed by atoms with Gasteiger partial charge in [0.15, 0.2) is 0 Å². The SMILES string of the molecule is CC(NCc1cnc[nH]1)c1cccc(O)c1. The van der Waals surface area contributed by atoms with E-state index in [0.717, 1.165) is 17.8 Å². The molecular formula is C12H15N3O. The van der Waals surface area contributed by atoms with Gasteiger partial charge in [0.25, 0.3) is 0 Å². The van der Waals surface area contributed by atoms with Crippen LogP contribution >= 0.6 is 0 Å². The summed E-state index contributed by atoms with van der Waals surface area (Å²) >= 11 is 0. The summed E-state index contributed by atoms with van der Waals surface area (Å²) < 4.78 is 0. The summed E-state index contributed by atoms with van der Waals surface area (Å²) in [4.78, 5) is 6.98. The number of phenols is 1. The van der Waals surface area contributed by atoms with Crippen LogP contribution in [-0.2, 0) is 6.54 Å². The average molecular weight is 217 g/mol. The molecule has 84 valence electrons. The normalized spacial score (nSPS) is 12.6. The molecule has 1 unspecified atom stereocenters. The highest BCUT2D eigenvalue weighted by molar-refractivity contribution is 5.29. The first-order valence-corrected chi connectivity index (χ1v) is 5.25. The lowest BCUT2D eigenvalue weighted by Crippen LogP contribution is -2.18. The van der Waals surface area contributed by atoms with Crippen LogP contribution in [0.3, 0.4) is 0 Å². The fraction of sp³-hybridized carbons (Fsp3) is 0.250. The molecule has 2 rings (SSSR count). The van der Waals surface area contributed by atoms with Crippen LogP contribution in [-0.4, -0.2) is 15.1 Å². The van der Waals surface area contributed by atoms with E-state index in [1.165, 1.54) is 0 Å². The third-order valence-electron chi connectivity index (χ3n) is 2.52. The molecule has 0 saturated carbocycles. The first-order chi connectivity index (χ1) is 7.75. The van der Waals surface area contributed by atoms with E-state index in [2.05, 4.69) is 22.2 Å². The molecule has 4 nitrogen and oxygen atoms in total. The van der Waals surface area contributed by atoms with Crippen molar-refractivity contribution < 1.29 is 5.11 Å². The van der Waals surface area contributed by atoms with Gasteiger partial charge < -0.3 is 15.4 Å². The van der Waals surface area contributed by atoms with Gasteiger partial charge in [0, 0.05) is 24.5 Å². The Hall–Kier alpha value is -1.81. The molecule has 0 saturated heterocycles. The zero-order chi connectivity index (χ0) is 11.4. The summed E-state index contributed by atoms with van der Waals surface area (Å²) in [6.07, 6.45) is 3.46. The van der Waals surface area contributed by atoms with Crippen molar-refractivity contribution in [2.24, 2.45) is 0 Å². The van der Waals surface area contributed by atoms with Gasteiger partial charge in [-0.15, -0.1) is 0 Å². The standard InChI is InChI=1S/C12H15N3O/c1-9(10-3-2-4-12(16)5-10)14-7-11-6-13-8-15-11/h2-6,8-9,14,16H,7H2,1H3,(H,13,15). The molecule has 3 N–H and O–H groups in total. The molecule has 0 aliphatic heterocycles. The molecule has 1 heterocycles. The van der Waals surface area contributed by atoms with Crippen LogP contribution in [0.2, 0.25) is 0 Å². The van der Waals surface area contributed by atoms with Crippen LogP contribution in [0.5, 0.6) is 5.75 Å². The second-order valence-electron chi connectivity index (χ2n) is 3.77. The monoisotopic (exact) mass is 217 g/mol. The molecule has 1 atom stereocenters. The summed E-state index contributed by atoms with van der Waals surface area (Å²) in [6.45, 7) is 2.79. The minimum absolute atomic E-state index is 0.190. The van der Waals surface area contributed by atoms with Crippen molar-refractivity contribution in [3.8, 4) is 5.75 Å². The van der Waals surface area contributed by atoms with E-state index < -0.39 is 0 Å². The maximum atomic E-state index is 9.37. The number of hydrogen-bond acceptors (Lipinski definition) is 3. The third kappa shape index (κ3) is 2.61. The highest BCUT2D eigenvalue weighted by Gasteiger charge is 2.05. The van der Waals surface area contributed by atoms with Gasteiger partial charge in [-0.2, -0.15) is 0 Å². The maximum Gasteiger partial charge on any atom is 0.115 e. The summed E-state index contributed by atoms with van der Waals surface area (Å²) in [5, 5.41) is 12.7. The number of aromatic amines is 1. The largest absolute Gasteiger partial charge is 0.508 e. The third-order valence-corrected chi connectivity index (χ3v) is 2.52. The van der Waals surface area contributed by atoms with Gasteiger partial charge in [-0.05, 0) is 24.6 Å². The van der Waals surface area contributed by atoms with E-state index in [1.807, 2.05) is 12.1 Å². The average Bonchev–Trinajstić information content (AvgIpc) is 2.78. The lowest BCUT2D eigenvalue weighted by atomic mass is 10.1. The van der Waals surface area contributed by atoms with E-state index >= 15 is 0 Å². The molecular weight excluding hydrogens is 202 g/mol. The second-order valence-corrected chi connectivity index (χ2v) is 3.77. The number of aromatic nitrogens is 2. The molecule has 0 aliphatic carbocycles. The first-order valence-electron chi connectivity index (χ1n) is 5.25. The number of phenolic OH excluding ortho intramolecular Hbond substituents is 1. The molecule has 16 heavy (non-hydrogen) atoms. The van der Waals surface area contributed by atoms with Crippen LogP contribution in [0, 0.1) is 0 Å². The fourth-order valence-electron chi connectivity index (χ4n) is 1.56. The predicted molar refractivity (Wildman–Crippen MR) is 61.9 cm³/mol. The Kier molecular flexibility index (Phi) is 3.22. The second kappa shape index (κ2) is 4.81. The molecule has 1 aromatic carbocycles. The maximum absolute atomic E-state index is 9.37. The van der Waals surface area contributed by atoms with Crippen molar-refractivity contribution in [3.05, 3.63) is 48.0 Å². The molecule has 0 spiro atoms. The number of benzene rings is 1. The van der Waals surface area contributed by atoms with Crippen LogP contribution < -0.4 is 5.32 Å². The van der Waals surface area contributed by atoms with E-state index in [1.54, 1.807) is 24.7 Å². The van der Waals surface area contributed by atoms with E-state index in [0.29, 0.717) is 5.75 Å². The molecule has 0 bridgehead atoms. The van der Waals surface area contributed by atoms with Crippen LogP contribution in [0.1, 0.15) is 24.2 Å². The van der Waals surface area contributed by atoms with Crippen molar-refractivity contribution in [3.63, 3.8) is 0 Å². The quantitative estimate of drug-likeness (QED) is 0.733. The highest BCUT2D eigenvalue weighted by Crippen LogP contribution is 2.17. The van der Waals surface area contributed by atoms with Gasteiger partial charge >= 0.3 is 0 Å². The fourth-order valence-corrected chi connectivity index (χ4v) is 1.56. The van der Waals surface area contributed by atoms with Crippen LogP contribution in [0.4, 0.5) is 0 Å².